The van der Waals surface area contributed by atoms with Gasteiger partial charge in [-0.25, -0.2) is 0 Å². The number of aliphatic hydroxyl groups is 1. The molecular weight excluding hydrogens is 300 g/mol. The van der Waals surface area contributed by atoms with E-state index in [1.165, 1.54) is 0 Å². The minimum atomic E-state index is -0.450. The smallest absolute Gasteiger partial charge is 0.253 e. The molecule has 6 heteroatoms. The molecule has 1 aliphatic rings. The van der Waals surface area contributed by atoms with Crippen LogP contribution in [0.15, 0.2) is 22.9 Å². The fourth-order valence-corrected chi connectivity index (χ4v) is 2.48. The number of rotatable bonds is 4. The number of nitrogens with zero attached hydrogens (tertiary/aromatic N) is 1. The molecule has 2 N–H and O–H groups in total. The van der Waals surface area contributed by atoms with Crippen molar-refractivity contribution in [2.45, 2.75) is 18.4 Å². The van der Waals surface area contributed by atoms with E-state index in [0.29, 0.717) is 29.7 Å². The molecule has 1 amide bonds. The predicted molar refractivity (Wildman–Crippen MR) is 69.3 cm³/mol. The summed E-state index contributed by atoms with van der Waals surface area (Å²) in [6.45, 7) is 1.08. The largest absolute Gasteiger partial charge is 0.396 e. The Morgan fingerprint density at radius 1 is 1.67 bits per heavy atom. The van der Waals surface area contributed by atoms with E-state index in [9.17, 15) is 4.79 Å². The Hall–Kier alpha value is -0.980. The van der Waals surface area contributed by atoms with Gasteiger partial charge < -0.3 is 15.2 Å². The standard InChI is InChI=1S/C12H15BrN2O3/c13-10-7-14-4-1-9(10)11(17)15-12(2-5-16)3-6-18-8-12/h1,4,7,16H,2-3,5-6,8H2,(H,15,17). The van der Waals surface area contributed by atoms with E-state index >= 15 is 0 Å². The molecule has 0 saturated carbocycles. The van der Waals surface area contributed by atoms with Crippen molar-refractivity contribution in [1.29, 1.82) is 0 Å². The van der Waals surface area contributed by atoms with Crippen LogP contribution in [-0.2, 0) is 4.74 Å². The molecule has 2 heterocycles. The van der Waals surface area contributed by atoms with Crippen molar-refractivity contribution in [2.24, 2.45) is 0 Å². The molecule has 5 nitrogen and oxygen atoms in total. The number of amides is 1. The maximum Gasteiger partial charge on any atom is 0.253 e. The first-order valence-electron chi connectivity index (χ1n) is 5.77. The van der Waals surface area contributed by atoms with Crippen molar-refractivity contribution in [3.63, 3.8) is 0 Å². The zero-order valence-corrected chi connectivity index (χ0v) is 11.4. The third-order valence-corrected chi connectivity index (χ3v) is 3.72. The Labute approximate surface area is 114 Å². The van der Waals surface area contributed by atoms with E-state index in [1.54, 1.807) is 18.5 Å². The summed E-state index contributed by atoms with van der Waals surface area (Å²) in [6, 6.07) is 1.65. The lowest BCUT2D eigenvalue weighted by Crippen LogP contribution is -2.49. The maximum absolute atomic E-state index is 12.2. The number of aromatic nitrogens is 1. The van der Waals surface area contributed by atoms with E-state index < -0.39 is 5.54 Å². The van der Waals surface area contributed by atoms with E-state index in [-0.39, 0.29) is 12.5 Å². The molecule has 2 rings (SSSR count). The Morgan fingerprint density at radius 3 is 3.11 bits per heavy atom. The summed E-state index contributed by atoms with van der Waals surface area (Å²) in [6.07, 6.45) is 4.38. The summed E-state index contributed by atoms with van der Waals surface area (Å²) >= 11 is 3.30. The van der Waals surface area contributed by atoms with Gasteiger partial charge in [-0.15, -0.1) is 0 Å². The average Bonchev–Trinajstić information content (AvgIpc) is 2.78. The summed E-state index contributed by atoms with van der Waals surface area (Å²) in [5.41, 5.74) is 0.0865. The average molecular weight is 315 g/mol. The SMILES string of the molecule is O=C(NC1(CCO)CCOC1)c1ccncc1Br. The second-order valence-electron chi connectivity index (χ2n) is 4.37. The van der Waals surface area contributed by atoms with Crippen LogP contribution >= 0.6 is 15.9 Å². The highest BCUT2D eigenvalue weighted by atomic mass is 79.9. The van der Waals surface area contributed by atoms with Crippen molar-refractivity contribution in [3.05, 3.63) is 28.5 Å². The summed E-state index contributed by atoms with van der Waals surface area (Å²) in [5, 5.41) is 12.1. The number of ether oxygens (including phenoxy) is 1. The lowest BCUT2D eigenvalue weighted by Gasteiger charge is -2.28. The number of aliphatic hydroxyl groups excluding tert-OH is 1. The molecule has 1 aromatic heterocycles. The van der Waals surface area contributed by atoms with Crippen LogP contribution in [0.25, 0.3) is 0 Å². The van der Waals surface area contributed by atoms with Gasteiger partial charge in [0.25, 0.3) is 5.91 Å². The number of hydrogen-bond acceptors (Lipinski definition) is 4. The van der Waals surface area contributed by atoms with Crippen LogP contribution in [0.5, 0.6) is 0 Å². The third kappa shape index (κ3) is 2.88. The van der Waals surface area contributed by atoms with Gasteiger partial charge in [-0.2, -0.15) is 0 Å². The van der Waals surface area contributed by atoms with E-state index in [1.807, 2.05) is 0 Å². The van der Waals surface area contributed by atoms with Crippen LogP contribution < -0.4 is 5.32 Å². The van der Waals surface area contributed by atoms with Gasteiger partial charge in [-0.05, 0) is 34.8 Å². The van der Waals surface area contributed by atoms with Crippen molar-refractivity contribution in [3.8, 4) is 0 Å². The molecule has 1 fully saturated rings. The summed E-state index contributed by atoms with van der Waals surface area (Å²) in [7, 11) is 0. The predicted octanol–water partition coefficient (Wildman–Crippen LogP) is 1.12. The molecule has 1 aromatic rings. The number of nitrogens with one attached hydrogen (secondary N) is 1. The Morgan fingerprint density at radius 2 is 2.50 bits per heavy atom. The number of carbonyl (C=O) groups excluding carboxylic acids is 1. The molecule has 1 unspecified atom stereocenters. The fourth-order valence-electron chi connectivity index (χ4n) is 2.05. The monoisotopic (exact) mass is 314 g/mol. The molecule has 98 valence electrons. The van der Waals surface area contributed by atoms with Gasteiger partial charge in [0.15, 0.2) is 0 Å². The van der Waals surface area contributed by atoms with Crippen LogP contribution in [-0.4, -0.2) is 41.4 Å². The van der Waals surface area contributed by atoms with Gasteiger partial charge >= 0.3 is 0 Å². The molecule has 18 heavy (non-hydrogen) atoms. The first-order chi connectivity index (χ1) is 8.67. The summed E-state index contributed by atoms with van der Waals surface area (Å²) in [5.74, 6) is -0.178. The molecule has 1 atom stereocenters. The van der Waals surface area contributed by atoms with Crippen LogP contribution in [0.1, 0.15) is 23.2 Å². The molecule has 1 aliphatic heterocycles. The second kappa shape index (κ2) is 5.77. The topological polar surface area (TPSA) is 71.5 Å². The van der Waals surface area contributed by atoms with Crippen molar-refractivity contribution < 1.29 is 14.6 Å². The number of pyridine rings is 1. The Kier molecular flexibility index (Phi) is 4.31. The fraction of sp³-hybridized carbons (Fsp3) is 0.500. The van der Waals surface area contributed by atoms with Crippen LogP contribution in [0.4, 0.5) is 0 Å². The Balaban J connectivity index is 2.13. The van der Waals surface area contributed by atoms with Gasteiger partial charge in [0.1, 0.15) is 0 Å². The number of halogens is 1. The van der Waals surface area contributed by atoms with Crippen molar-refractivity contribution in [1.82, 2.24) is 10.3 Å². The minimum absolute atomic E-state index is 0.0289. The summed E-state index contributed by atoms with van der Waals surface area (Å²) < 4.78 is 5.98. The lowest BCUT2D eigenvalue weighted by molar-refractivity contribution is 0.0849. The molecule has 0 spiro atoms. The first kappa shape index (κ1) is 13.5. The Bertz CT molecular complexity index is 433. The number of carbonyl (C=O) groups is 1. The molecule has 1 saturated heterocycles. The van der Waals surface area contributed by atoms with E-state index in [0.717, 1.165) is 6.42 Å². The molecule has 0 bridgehead atoms. The van der Waals surface area contributed by atoms with Gasteiger partial charge in [0, 0.05) is 30.1 Å². The minimum Gasteiger partial charge on any atom is -0.396 e. The van der Waals surface area contributed by atoms with Gasteiger partial charge in [0.05, 0.1) is 17.7 Å². The zero-order chi connectivity index (χ0) is 13.0. The van der Waals surface area contributed by atoms with Crippen molar-refractivity contribution >= 4 is 21.8 Å². The zero-order valence-electron chi connectivity index (χ0n) is 9.86. The van der Waals surface area contributed by atoms with E-state index in [4.69, 9.17) is 9.84 Å². The summed E-state index contributed by atoms with van der Waals surface area (Å²) in [4.78, 5) is 16.1. The highest BCUT2D eigenvalue weighted by Crippen LogP contribution is 2.24. The molecule has 0 radical (unpaired) electrons. The van der Waals surface area contributed by atoms with Gasteiger partial charge in [-0.1, -0.05) is 0 Å². The van der Waals surface area contributed by atoms with Crippen molar-refractivity contribution in [2.75, 3.05) is 19.8 Å². The first-order valence-corrected chi connectivity index (χ1v) is 6.57. The normalized spacial score (nSPS) is 23.0. The van der Waals surface area contributed by atoms with Crippen LogP contribution in [0, 0.1) is 0 Å². The highest BCUT2D eigenvalue weighted by molar-refractivity contribution is 9.10. The highest BCUT2D eigenvalue weighted by Gasteiger charge is 2.36. The van der Waals surface area contributed by atoms with Gasteiger partial charge in [0.2, 0.25) is 0 Å². The maximum atomic E-state index is 12.2. The van der Waals surface area contributed by atoms with E-state index in [2.05, 4.69) is 26.2 Å². The number of hydrogen-bond donors (Lipinski definition) is 2. The van der Waals surface area contributed by atoms with Crippen LogP contribution in [0.3, 0.4) is 0 Å². The van der Waals surface area contributed by atoms with Crippen LogP contribution in [0.2, 0.25) is 0 Å². The molecular formula is C12H15BrN2O3. The quantitative estimate of drug-likeness (QED) is 0.873. The molecule has 0 aromatic carbocycles. The third-order valence-electron chi connectivity index (χ3n) is 3.09. The lowest BCUT2D eigenvalue weighted by atomic mass is 9.94. The van der Waals surface area contributed by atoms with Gasteiger partial charge in [-0.3, -0.25) is 9.78 Å². The second-order valence-corrected chi connectivity index (χ2v) is 5.22. The molecule has 0 aliphatic carbocycles.